The molecule has 1 aromatic carbocycles. The van der Waals surface area contributed by atoms with Crippen LogP contribution in [0.1, 0.15) is 17.5 Å². The average molecular weight is 284 g/mol. The van der Waals surface area contributed by atoms with E-state index in [1.807, 2.05) is 12.4 Å². The van der Waals surface area contributed by atoms with Crippen LogP contribution in [0.15, 0.2) is 24.5 Å². The van der Waals surface area contributed by atoms with E-state index in [0.29, 0.717) is 0 Å². The first-order valence-corrected chi connectivity index (χ1v) is 7.17. The first-order valence-electron chi connectivity index (χ1n) is 7.17. The molecule has 0 spiro atoms. The molecule has 0 atom stereocenters. The normalized spacial score (nSPS) is 11.4. The van der Waals surface area contributed by atoms with Gasteiger partial charge in [0, 0.05) is 32.7 Å². The van der Waals surface area contributed by atoms with Crippen molar-refractivity contribution in [2.24, 2.45) is 0 Å². The van der Waals surface area contributed by atoms with Gasteiger partial charge in [0.15, 0.2) is 11.5 Å². The van der Waals surface area contributed by atoms with Gasteiger partial charge in [-0.2, -0.15) is 0 Å². The summed E-state index contributed by atoms with van der Waals surface area (Å²) >= 11 is 0. The molecule has 5 heteroatoms. The fourth-order valence-electron chi connectivity index (χ4n) is 2.45. The predicted molar refractivity (Wildman–Crippen MR) is 84.9 cm³/mol. The summed E-state index contributed by atoms with van der Waals surface area (Å²) in [6, 6.07) is 4.30. The maximum atomic E-state index is 5.07. The number of nitrogens with one attached hydrogen (secondary N) is 1. The third-order valence-electron chi connectivity index (χ3n) is 3.75. The summed E-state index contributed by atoms with van der Waals surface area (Å²) in [4.78, 5) is 9.17. The van der Waals surface area contributed by atoms with Crippen molar-refractivity contribution in [1.29, 1.82) is 0 Å². The maximum Gasteiger partial charge on any atom is 0.180 e. The van der Waals surface area contributed by atoms with Crippen molar-refractivity contribution >= 4 is 22.5 Å². The van der Waals surface area contributed by atoms with Gasteiger partial charge >= 0.3 is 0 Å². The zero-order chi connectivity index (χ0) is 14.8. The number of benzene rings is 1. The third-order valence-corrected chi connectivity index (χ3v) is 3.75. The van der Waals surface area contributed by atoms with Gasteiger partial charge in [-0.25, -0.2) is 9.97 Å². The van der Waals surface area contributed by atoms with Gasteiger partial charge in [-0.3, -0.25) is 4.40 Å². The van der Waals surface area contributed by atoms with Crippen LogP contribution in [0.4, 0.5) is 5.82 Å². The quantitative estimate of drug-likeness (QED) is 0.732. The van der Waals surface area contributed by atoms with Crippen molar-refractivity contribution < 1.29 is 4.74 Å². The minimum Gasteiger partial charge on any atom is -0.385 e. The summed E-state index contributed by atoms with van der Waals surface area (Å²) < 4.78 is 7.16. The smallest absolute Gasteiger partial charge is 0.180 e. The molecule has 2 aromatic heterocycles. The molecule has 5 nitrogen and oxygen atoms in total. The summed E-state index contributed by atoms with van der Waals surface area (Å²) in [5.41, 5.74) is 5.45. The lowest BCUT2D eigenvalue weighted by molar-refractivity contribution is 0.198. The largest absolute Gasteiger partial charge is 0.385 e. The lowest BCUT2D eigenvalue weighted by Crippen LogP contribution is -2.08. The van der Waals surface area contributed by atoms with Crippen LogP contribution in [-0.4, -0.2) is 34.6 Å². The number of nitrogens with zero attached hydrogens (tertiary/aromatic N) is 3. The van der Waals surface area contributed by atoms with E-state index < -0.39 is 0 Å². The Morgan fingerprint density at radius 3 is 2.86 bits per heavy atom. The second-order valence-electron chi connectivity index (χ2n) is 5.28. The predicted octanol–water partition coefficient (Wildman–Crippen LogP) is 2.95. The molecule has 0 radical (unpaired) electrons. The van der Waals surface area contributed by atoms with Gasteiger partial charge in [0.05, 0.1) is 11.0 Å². The van der Waals surface area contributed by atoms with Crippen LogP contribution in [0.25, 0.3) is 16.7 Å². The Hall–Kier alpha value is -2.14. The highest BCUT2D eigenvalue weighted by Crippen LogP contribution is 2.23. The highest BCUT2D eigenvalue weighted by Gasteiger charge is 2.10. The summed E-state index contributed by atoms with van der Waals surface area (Å²) in [5, 5.41) is 3.36. The highest BCUT2D eigenvalue weighted by atomic mass is 16.5. The molecule has 0 amide bonds. The minimum absolute atomic E-state index is 0.740. The van der Waals surface area contributed by atoms with Crippen molar-refractivity contribution in [2.75, 3.05) is 25.6 Å². The van der Waals surface area contributed by atoms with Crippen LogP contribution in [0, 0.1) is 13.8 Å². The fourth-order valence-corrected chi connectivity index (χ4v) is 2.45. The van der Waals surface area contributed by atoms with Gasteiger partial charge in [0.2, 0.25) is 0 Å². The Morgan fingerprint density at radius 1 is 1.24 bits per heavy atom. The SMILES string of the molecule is COCCCNc1nc2cc(C)c(C)cc2n2ccnc12. The van der Waals surface area contributed by atoms with Crippen LogP contribution in [0.3, 0.4) is 0 Å². The lowest BCUT2D eigenvalue weighted by atomic mass is 10.1. The Kier molecular flexibility index (Phi) is 3.75. The molecule has 0 saturated heterocycles. The molecule has 0 saturated carbocycles. The molecule has 3 aromatic rings. The molecule has 110 valence electrons. The van der Waals surface area contributed by atoms with Gasteiger partial charge in [0.1, 0.15) is 0 Å². The molecular formula is C16H20N4O. The zero-order valence-electron chi connectivity index (χ0n) is 12.7. The topological polar surface area (TPSA) is 51.5 Å². The second-order valence-corrected chi connectivity index (χ2v) is 5.28. The van der Waals surface area contributed by atoms with Crippen LogP contribution >= 0.6 is 0 Å². The molecular weight excluding hydrogens is 264 g/mol. The number of methoxy groups -OCH3 is 1. The van der Waals surface area contributed by atoms with E-state index in [9.17, 15) is 0 Å². The van der Waals surface area contributed by atoms with E-state index in [-0.39, 0.29) is 0 Å². The van der Waals surface area contributed by atoms with Crippen molar-refractivity contribution in [3.8, 4) is 0 Å². The number of imidazole rings is 1. The second kappa shape index (κ2) is 5.69. The highest BCUT2D eigenvalue weighted by molar-refractivity contribution is 5.84. The molecule has 0 aliphatic rings. The van der Waals surface area contributed by atoms with E-state index in [4.69, 9.17) is 9.72 Å². The van der Waals surface area contributed by atoms with Crippen LogP contribution < -0.4 is 5.32 Å². The van der Waals surface area contributed by atoms with Crippen LogP contribution in [-0.2, 0) is 4.74 Å². The molecule has 3 rings (SSSR count). The molecule has 0 aliphatic carbocycles. The van der Waals surface area contributed by atoms with E-state index in [0.717, 1.165) is 42.1 Å². The molecule has 0 aliphatic heterocycles. The Morgan fingerprint density at radius 2 is 2.05 bits per heavy atom. The third kappa shape index (κ3) is 2.56. The van der Waals surface area contributed by atoms with Crippen LogP contribution in [0.2, 0.25) is 0 Å². The molecule has 2 heterocycles. The first-order chi connectivity index (χ1) is 10.2. The number of aryl methyl sites for hydroxylation is 2. The molecule has 1 N–H and O–H groups in total. The van der Waals surface area contributed by atoms with Gasteiger partial charge in [0.25, 0.3) is 0 Å². The summed E-state index contributed by atoms with van der Waals surface area (Å²) in [5.74, 6) is 0.826. The average Bonchev–Trinajstić information content (AvgIpc) is 2.95. The lowest BCUT2D eigenvalue weighted by Gasteiger charge is -2.11. The number of rotatable bonds is 5. The molecule has 0 fully saturated rings. The number of hydrogen-bond acceptors (Lipinski definition) is 4. The zero-order valence-corrected chi connectivity index (χ0v) is 12.7. The molecule has 21 heavy (non-hydrogen) atoms. The van der Waals surface area contributed by atoms with Crippen molar-refractivity contribution in [3.05, 3.63) is 35.7 Å². The summed E-state index contributed by atoms with van der Waals surface area (Å²) in [6.45, 7) is 5.79. The van der Waals surface area contributed by atoms with Gasteiger partial charge in [-0.15, -0.1) is 0 Å². The minimum atomic E-state index is 0.740. The number of hydrogen-bond donors (Lipinski definition) is 1. The van der Waals surface area contributed by atoms with E-state index in [1.165, 1.54) is 11.1 Å². The monoisotopic (exact) mass is 284 g/mol. The summed E-state index contributed by atoms with van der Waals surface area (Å²) in [6.07, 6.45) is 4.73. The Balaban J connectivity index is 2.06. The van der Waals surface area contributed by atoms with Gasteiger partial charge in [-0.05, 0) is 43.5 Å². The number of fused-ring (bicyclic) bond motifs is 3. The standard InChI is InChI=1S/C16H20N4O/c1-11-9-13-14(10-12(11)2)20-7-6-18-16(20)15(19-13)17-5-4-8-21-3/h6-7,9-10H,4-5,8H2,1-3H3,(H,17,19). The Bertz CT molecular complexity index is 779. The van der Waals surface area contributed by atoms with Crippen molar-refractivity contribution in [3.63, 3.8) is 0 Å². The van der Waals surface area contributed by atoms with Crippen LogP contribution in [0.5, 0.6) is 0 Å². The van der Waals surface area contributed by atoms with Gasteiger partial charge in [-0.1, -0.05) is 0 Å². The fraction of sp³-hybridized carbons (Fsp3) is 0.375. The van der Waals surface area contributed by atoms with Crippen molar-refractivity contribution in [1.82, 2.24) is 14.4 Å². The van der Waals surface area contributed by atoms with E-state index in [1.54, 1.807) is 7.11 Å². The van der Waals surface area contributed by atoms with Crippen molar-refractivity contribution in [2.45, 2.75) is 20.3 Å². The molecule has 0 unspecified atom stereocenters. The number of anilines is 1. The van der Waals surface area contributed by atoms with E-state index >= 15 is 0 Å². The molecule has 0 bridgehead atoms. The van der Waals surface area contributed by atoms with E-state index in [2.05, 4.69) is 40.7 Å². The maximum absolute atomic E-state index is 5.07. The number of ether oxygens (including phenoxy) is 1. The summed E-state index contributed by atoms with van der Waals surface area (Å²) in [7, 11) is 1.71. The van der Waals surface area contributed by atoms with Gasteiger partial charge < -0.3 is 10.1 Å². The number of aromatic nitrogens is 3. The Labute approximate surface area is 124 Å². The first kappa shape index (κ1) is 13.8.